The highest BCUT2D eigenvalue weighted by atomic mass is 15.1. The van der Waals surface area contributed by atoms with Crippen LogP contribution in [0.1, 0.15) is 18.9 Å². The summed E-state index contributed by atoms with van der Waals surface area (Å²) in [5.74, 6) is 0.647. The highest BCUT2D eigenvalue weighted by Gasteiger charge is 2.07. The van der Waals surface area contributed by atoms with E-state index in [-0.39, 0.29) is 0 Å². The van der Waals surface area contributed by atoms with E-state index in [0.717, 1.165) is 31.6 Å². The molecule has 0 aliphatic carbocycles. The van der Waals surface area contributed by atoms with E-state index in [1.54, 1.807) is 0 Å². The van der Waals surface area contributed by atoms with Crippen LogP contribution in [-0.2, 0) is 13.6 Å². The summed E-state index contributed by atoms with van der Waals surface area (Å²) in [4.78, 5) is 6.76. The molecule has 4 heteroatoms. The van der Waals surface area contributed by atoms with Gasteiger partial charge in [0.1, 0.15) is 0 Å². The standard InChI is InChI=1S/C15H24N4/c1-12(6-7-16)9-18(2)10-13-4-5-15-14(8-13)17-11-19(15)3/h4-5,8,11-12H,6-7,9-10,16H2,1-3H3. The second-order valence-electron chi connectivity index (χ2n) is 5.56. The second kappa shape index (κ2) is 6.17. The van der Waals surface area contributed by atoms with Crippen molar-refractivity contribution in [2.45, 2.75) is 19.9 Å². The van der Waals surface area contributed by atoms with Crippen molar-refractivity contribution >= 4 is 11.0 Å². The van der Waals surface area contributed by atoms with Crippen LogP contribution in [0.2, 0.25) is 0 Å². The molecule has 104 valence electrons. The molecule has 1 atom stereocenters. The van der Waals surface area contributed by atoms with Gasteiger partial charge in [-0.05, 0) is 43.6 Å². The van der Waals surface area contributed by atoms with Crippen LogP contribution in [0.4, 0.5) is 0 Å². The molecule has 0 fully saturated rings. The molecule has 0 bridgehead atoms. The van der Waals surface area contributed by atoms with Gasteiger partial charge in [0.2, 0.25) is 0 Å². The largest absolute Gasteiger partial charge is 0.334 e. The minimum absolute atomic E-state index is 0.647. The van der Waals surface area contributed by atoms with Gasteiger partial charge in [-0.3, -0.25) is 0 Å². The fourth-order valence-corrected chi connectivity index (χ4v) is 2.56. The number of nitrogens with two attached hydrogens (primary N) is 1. The molecule has 4 nitrogen and oxygen atoms in total. The Kier molecular flexibility index (Phi) is 4.56. The molecule has 19 heavy (non-hydrogen) atoms. The number of nitrogens with zero attached hydrogens (tertiary/aromatic N) is 3. The van der Waals surface area contributed by atoms with E-state index in [1.165, 1.54) is 11.1 Å². The van der Waals surface area contributed by atoms with Gasteiger partial charge >= 0.3 is 0 Å². The summed E-state index contributed by atoms with van der Waals surface area (Å²) in [5, 5.41) is 0. The first-order chi connectivity index (χ1) is 9.10. The number of rotatable bonds is 6. The lowest BCUT2D eigenvalue weighted by Gasteiger charge is -2.21. The summed E-state index contributed by atoms with van der Waals surface area (Å²) in [6.07, 6.45) is 2.95. The number of hydrogen-bond acceptors (Lipinski definition) is 3. The number of aryl methyl sites for hydroxylation is 1. The second-order valence-corrected chi connectivity index (χ2v) is 5.56. The van der Waals surface area contributed by atoms with Gasteiger partial charge in [0.15, 0.2) is 0 Å². The Morgan fingerprint density at radius 2 is 2.21 bits per heavy atom. The van der Waals surface area contributed by atoms with Crippen LogP contribution in [0.15, 0.2) is 24.5 Å². The maximum absolute atomic E-state index is 5.59. The van der Waals surface area contributed by atoms with Crippen molar-refractivity contribution in [2.24, 2.45) is 18.7 Å². The first-order valence-corrected chi connectivity index (χ1v) is 6.88. The number of hydrogen-bond donors (Lipinski definition) is 1. The Hall–Kier alpha value is -1.39. The predicted octanol–water partition coefficient (Wildman–Crippen LogP) is 1.99. The Morgan fingerprint density at radius 3 is 2.95 bits per heavy atom. The SMILES string of the molecule is CC(CCN)CN(C)Cc1ccc2c(c1)ncn2C. The number of imidazole rings is 1. The van der Waals surface area contributed by atoms with Crippen LogP contribution in [0.25, 0.3) is 11.0 Å². The quantitative estimate of drug-likeness (QED) is 0.864. The molecule has 2 N–H and O–H groups in total. The zero-order valence-corrected chi connectivity index (χ0v) is 12.1. The third kappa shape index (κ3) is 3.55. The van der Waals surface area contributed by atoms with E-state index >= 15 is 0 Å². The van der Waals surface area contributed by atoms with Crippen molar-refractivity contribution in [3.05, 3.63) is 30.1 Å². The van der Waals surface area contributed by atoms with Crippen molar-refractivity contribution in [3.63, 3.8) is 0 Å². The minimum Gasteiger partial charge on any atom is -0.334 e. The first kappa shape index (κ1) is 14.0. The number of fused-ring (bicyclic) bond motifs is 1. The monoisotopic (exact) mass is 260 g/mol. The summed E-state index contributed by atoms with van der Waals surface area (Å²) < 4.78 is 2.05. The maximum atomic E-state index is 5.59. The Bertz CT molecular complexity index is 532. The molecular formula is C15H24N4. The van der Waals surface area contributed by atoms with Crippen LogP contribution < -0.4 is 5.73 Å². The number of aromatic nitrogens is 2. The average Bonchev–Trinajstić information content (AvgIpc) is 2.70. The highest BCUT2D eigenvalue weighted by Crippen LogP contribution is 2.15. The van der Waals surface area contributed by atoms with Gasteiger partial charge in [0, 0.05) is 20.1 Å². The summed E-state index contributed by atoms with van der Waals surface area (Å²) in [6.45, 7) is 5.07. The molecule has 1 unspecified atom stereocenters. The molecule has 0 radical (unpaired) electrons. The molecular weight excluding hydrogens is 236 g/mol. The Labute approximate surface area is 115 Å². The lowest BCUT2D eigenvalue weighted by atomic mass is 10.1. The van der Waals surface area contributed by atoms with Gasteiger partial charge < -0.3 is 15.2 Å². The molecule has 0 aliphatic heterocycles. The zero-order chi connectivity index (χ0) is 13.8. The van der Waals surface area contributed by atoms with Crippen LogP contribution in [0.5, 0.6) is 0 Å². The van der Waals surface area contributed by atoms with E-state index in [9.17, 15) is 0 Å². The van der Waals surface area contributed by atoms with Gasteiger partial charge in [-0.25, -0.2) is 4.98 Å². The van der Waals surface area contributed by atoms with Crippen molar-refractivity contribution in [1.29, 1.82) is 0 Å². The molecule has 1 aromatic heterocycles. The Balaban J connectivity index is 2.00. The van der Waals surface area contributed by atoms with Crippen LogP contribution in [0.3, 0.4) is 0 Å². The van der Waals surface area contributed by atoms with Crippen LogP contribution in [0, 0.1) is 5.92 Å². The van der Waals surface area contributed by atoms with Gasteiger partial charge in [-0.2, -0.15) is 0 Å². The van der Waals surface area contributed by atoms with Crippen molar-refractivity contribution in [3.8, 4) is 0 Å². The van der Waals surface area contributed by atoms with E-state index in [1.807, 2.05) is 17.9 Å². The topological polar surface area (TPSA) is 47.1 Å². The van der Waals surface area contributed by atoms with E-state index in [4.69, 9.17) is 5.73 Å². The summed E-state index contributed by atoms with van der Waals surface area (Å²) >= 11 is 0. The van der Waals surface area contributed by atoms with E-state index in [0.29, 0.717) is 5.92 Å². The van der Waals surface area contributed by atoms with Crippen LogP contribution in [-0.4, -0.2) is 34.6 Å². The normalized spacial score (nSPS) is 13.3. The van der Waals surface area contributed by atoms with E-state index < -0.39 is 0 Å². The Morgan fingerprint density at radius 1 is 1.42 bits per heavy atom. The highest BCUT2D eigenvalue weighted by molar-refractivity contribution is 5.75. The third-order valence-electron chi connectivity index (χ3n) is 3.53. The smallest absolute Gasteiger partial charge is 0.0955 e. The first-order valence-electron chi connectivity index (χ1n) is 6.88. The fourth-order valence-electron chi connectivity index (χ4n) is 2.56. The molecule has 0 aliphatic rings. The molecule has 0 saturated heterocycles. The minimum atomic E-state index is 0.647. The molecule has 1 heterocycles. The average molecular weight is 260 g/mol. The van der Waals surface area contributed by atoms with Crippen molar-refractivity contribution in [2.75, 3.05) is 20.1 Å². The molecule has 0 spiro atoms. The summed E-state index contributed by atoms with van der Waals surface area (Å²) in [5.41, 5.74) is 9.16. The molecule has 0 amide bonds. The molecule has 0 saturated carbocycles. The molecule has 2 aromatic rings. The molecule has 2 rings (SSSR count). The van der Waals surface area contributed by atoms with Gasteiger partial charge in [0.25, 0.3) is 0 Å². The third-order valence-corrected chi connectivity index (χ3v) is 3.53. The summed E-state index contributed by atoms with van der Waals surface area (Å²) in [7, 11) is 4.19. The predicted molar refractivity (Wildman–Crippen MR) is 79.9 cm³/mol. The van der Waals surface area contributed by atoms with E-state index in [2.05, 4.69) is 42.1 Å². The number of benzene rings is 1. The fraction of sp³-hybridized carbons (Fsp3) is 0.533. The van der Waals surface area contributed by atoms with Crippen molar-refractivity contribution in [1.82, 2.24) is 14.5 Å². The van der Waals surface area contributed by atoms with Gasteiger partial charge in [-0.1, -0.05) is 13.0 Å². The lowest BCUT2D eigenvalue weighted by molar-refractivity contribution is 0.273. The molecule has 1 aromatic carbocycles. The van der Waals surface area contributed by atoms with Gasteiger partial charge in [-0.15, -0.1) is 0 Å². The maximum Gasteiger partial charge on any atom is 0.0955 e. The van der Waals surface area contributed by atoms with Crippen LogP contribution >= 0.6 is 0 Å². The van der Waals surface area contributed by atoms with Gasteiger partial charge in [0.05, 0.1) is 17.4 Å². The summed E-state index contributed by atoms with van der Waals surface area (Å²) in [6, 6.07) is 6.52. The lowest BCUT2D eigenvalue weighted by Crippen LogP contribution is -2.25. The zero-order valence-electron chi connectivity index (χ0n) is 12.1. The van der Waals surface area contributed by atoms with Crippen molar-refractivity contribution < 1.29 is 0 Å².